The van der Waals surface area contributed by atoms with Gasteiger partial charge in [-0.15, -0.1) is 0 Å². The number of fused-ring (bicyclic) bond motifs is 3. The zero-order valence-electron chi connectivity index (χ0n) is 9.06. The van der Waals surface area contributed by atoms with Crippen molar-refractivity contribution < 1.29 is 5.11 Å². The molecule has 0 fully saturated rings. The van der Waals surface area contributed by atoms with E-state index in [-0.39, 0.29) is 6.61 Å². The second kappa shape index (κ2) is 3.79. The summed E-state index contributed by atoms with van der Waals surface area (Å²) in [5.74, 6) is 1.59. The maximum Gasteiger partial charge on any atom is 0.132 e. The Morgan fingerprint density at radius 2 is 2.31 bits per heavy atom. The van der Waals surface area contributed by atoms with Crippen molar-refractivity contribution in [3.05, 3.63) is 24.3 Å². The minimum Gasteiger partial charge on any atom is -0.396 e. The number of anilines is 1. The zero-order valence-corrected chi connectivity index (χ0v) is 9.06. The molecule has 0 aliphatic carbocycles. The van der Waals surface area contributed by atoms with Crippen molar-refractivity contribution in [1.82, 2.24) is 9.78 Å². The molecule has 0 spiro atoms. The van der Waals surface area contributed by atoms with Crippen LogP contribution in [-0.2, 0) is 6.54 Å². The van der Waals surface area contributed by atoms with E-state index in [0.717, 1.165) is 30.8 Å². The maximum atomic E-state index is 8.95. The van der Waals surface area contributed by atoms with Gasteiger partial charge in [-0.05, 0) is 24.5 Å². The van der Waals surface area contributed by atoms with E-state index in [4.69, 9.17) is 5.11 Å². The first kappa shape index (κ1) is 9.66. The molecular weight excluding hydrogens is 202 g/mol. The predicted octanol–water partition coefficient (Wildman–Crippen LogP) is 1.46. The van der Waals surface area contributed by atoms with Gasteiger partial charge in [-0.25, -0.2) is 4.68 Å². The third-order valence-electron chi connectivity index (χ3n) is 3.17. The number of nitrogens with one attached hydrogen (secondary N) is 1. The van der Waals surface area contributed by atoms with Crippen LogP contribution >= 0.6 is 0 Å². The summed E-state index contributed by atoms with van der Waals surface area (Å²) < 4.78 is 2.02. The number of hydrogen-bond acceptors (Lipinski definition) is 3. The number of hydrogen-bond donors (Lipinski definition) is 2. The Balaban J connectivity index is 1.99. The van der Waals surface area contributed by atoms with Crippen LogP contribution in [0.3, 0.4) is 0 Å². The molecule has 4 heteroatoms. The molecule has 4 nitrogen and oxygen atoms in total. The quantitative estimate of drug-likeness (QED) is 0.800. The average Bonchev–Trinajstić information content (AvgIpc) is 2.67. The molecule has 0 bridgehead atoms. The average molecular weight is 217 g/mol. The molecule has 1 aliphatic rings. The molecule has 1 aliphatic heterocycles. The van der Waals surface area contributed by atoms with Gasteiger partial charge in [0.1, 0.15) is 5.82 Å². The first-order valence-corrected chi connectivity index (χ1v) is 5.69. The lowest BCUT2D eigenvalue weighted by atomic mass is 10.0. The molecule has 2 N–H and O–H groups in total. The minimum atomic E-state index is 0.252. The van der Waals surface area contributed by atoms with Crippen molar-refractivity contribution >= 4 is 16.7 Å². The molecule has 0 radical (unpaired) electrons. The van der Waals surface area contributed by atoms with E-state index in [1.54, 1.807) is 0 Å². The fraction of sp³-hybridized carbons (Fsp3) is 0.417. The lowest BCUT2D eigenvalue weighted by Crippen LogP contribution is -2.28. The fourth-order valence-electron chi connectivity index (χ4n) is 2.32. The Hall–Kier alpha value is -1.55. The number of aliphatic hydroxyl groups is 1. The smallest absolute Gasteiger partial charge is 0.132 e. The monoisotopic (exact) mass is 217 g/mol. The summed E-state index contributed by atoms with van der Waals surface area (Å²) in [7, 11) is 0. The lowest BCUT2D eigenvalue weighted by Gasteiger charge is -2.24. The van der Waals surface area contributed by atoms with E-state index in [1.165, 1.54) is 5.39 Å². The molecule has 2 heterocycles. The van der Waals surface area contributed by atoms with Gasteiger partial charge in [0, 0.05) is 25.1 Å². The fourth-order valence-corrected chi connectivity index (χ4v) is 2.32. The van der Waals surface area contributed by atoms with E-state index in [1.807, 2.05) is 22.9 Å². The maximum absolute atomic E-state index is 8.95. The Morgan fingerprint density at radius 3 is 3.19 bits per heavy atom. The second-order valence-corrected chi connectivity index (χ2v) is 4.31. The Bertz CT molecular complexity index is 506. The Labute approximate surface area is 93.9 Å². The van der Waals surface area contributed by atoms with E-state index >= 15 is 0 Å². The van der Waals surface area contributed by atoms with E-state index in [2.05, 4.69) is 16.5 Å². The summed E-state index contributed by atoms with van der Waals surface area (Å²) in [4.78, 5) is 0. The minimum absolute atomic E-state index is 0.252. The van der Waals surface area contributed by atoms with Gasteiger partial charge in [0.05, 0.1) is 5.52 Å². The molecule has 0 saturated carbocycles. The highest BCUT2D eigenvalue weighted by atomic mass is 16.3. The van der Waals surface area contributed by atoms with Crippen LogP contribution in [0, 0.1) is 5.92 Å². The first-order chi connectivity index (χ1) is 7.88. The molecule has 84 valence electrons. The Kier molecular flexibility index (Phi) is 2.29. The molecule has 0 amide bonds. The van der Waals surface area contributed by atoms with Crippen LogP contribution in [-0.4, -0.2) is 28.0 Å². The van der Waals surface area contributed by atoms with Crippen molar-refractivity contribution in [1.29, 1.82) is 0 Å². The van der Waals surface area contributed by atoms with Gasteiger partial charge in [-0.2, -0.15) is 5.10 Å². The van der Waals surface area contributed by atoms with Crippen LogP contribution in [0.4, 0.5) is 5.82 Å². The van der Waals surface area contributed by atoms with Gasteiger partial charge in [0.15, 0.2) is 0 Å². The molecule has 1 aromatic carbocycles. The summed E-state index contributed by atoms with van der Waals surface area (Å²) in [6.45, 7) is 2.08. The molecule has 16 heavy (non-hydrogen) atoms. The van der Waals surface area contributed by atoms with Crippen LogP contribution in [0.2, 0.25) is 0 Å². The standard InChI is InChI=1S/C12H15N3O/c16-6-5-9-7-13-12-10-3-1-2-4-11(10)14-15(12)8-9/h1-4,9,13,16H,5-8H2. The second-order valence-electron chi connectivity index (χ2n) is 4.31. The van der Waals surface area contributed by atoms with Crippen molar-refractivity contribution in [2.24, 2.45) is 5.92 Å². The van der Waals surface area contributed by atoms with Crippen LogP contribution in [0.25, 0.3) is 10.9 Å². The highest BCUT2D eigenvalue weighted by Crippen LogP contribution is 2.27. The molecule has 1 unspecified atom stereocenters. The van der Waals surface area contributed by atoms with Crippen LogP contribution in [0.15, 0.2) is 24.3 Å². The number of benzene rings is 1. The van der Waals surface area contributed by atoms with E-state index < -0.39 is 0 Å². The highest BCUT2D eigenvalue weighted by molar-refractivity contribution is 5.90. The van der Waals surface area contributed by atoms with E-state index in [0.29, 0.717) is 5.92 Å². The number of rotatable bonds is 2. The molecular formula is C12H15N3O. The van der Waals surface area contributed by atoms with Crippen molar-refractivity contribution in [2.45, 2.75) is 13.0 Å². The highest BCUT2D eigenvalue weighted by Gasteiger charge is 2.20. The molecule has 2 aromatic rings. The lowest BCUT2D eigenvalue weighted by molar-refractivity contribution is 0.245. The van der Waals surface area contributed by atoms with E-state index in [9.17, 15) is 0 Å². The topological polar surface area (TPSA) is 50.1 Å². The molecule has 1 aromatic heterocycles. The van der Waals surface area contributed by atoms with Crippen LogP contribution in [0.5, 0.6) is 0 Å². The van der Waals surface area contributed by atoms with Gasteiger partial charge >= 0.3 is 0 Å². The number of nitrogens with zero attached hydrogens (tertiary/aromatic N) is 2. The van der Waals surface area contributed by atoms with Gasteiger partial charge in [-0.3, -0.25) is 0 Å². The SMILES string of the molecule is OCCC1CNc2c3ccccc3nn2C1. The van der Waals surface area contributed by atoms with Crippen LogP contribution < -0.4 is 5.32 Å². The van der Waals surface area contributed by atoms with Gasteiger partial charge in [-0.1, -0.05) is 12.1 Å². The predicted molar refractivity (Wildman–Crippen MR) is 63.4 cm³/mol. The van der Waals surface area contributed by atoms with Gasteiger partial charge in [0.2, 0.25) is 0 Å². The first-order valence-electron chi connectivity index (χ1n) is 5.69. The number of aromatic nitrogens is 2. The van der Waals surface area contributed by atoms with Gasteiger partial charge in [0.25, 0.3) is 0 Å². The third-order valence-corrected chi connectivity index (χ3v) is 3.17. The zero-order chi connectivity index (χ0) is 11.0. The largest absolute Gasteiger partial charge is 0.396 e. The molecule has 1 atom stereocenters. The molecule has 0 saturated heterocycles. The number of aliphatic hydroxyl groups excluding tert-OH is 1. The van der Waals surface area contributed by atoms with Crippen molar-refractivity contribution in [3.8, 4) is 0 Å². The summed E-state index contributed by atoms with van der Waals surface area (Å²) in [5.41, 5.74) is 1.04. The molecule has 3 rings (SSSR count). The summed E-state index contributed by atoms with van der Waals surface area (Å²) in [6.07, 6.45) is 0.836. The summed E-state index contributed by atoms with van der Waals surface area (Å²) in [6, 6.07) is 8.16. The van der Waals surface area contributed by atoms with Crippen molar-refractivity contribution in [2.75, 3.05) is 18.5 Å². The van der Waals surface area contributed by atoms with Crippen molar-refractivity contribution in [3.63, 3.8) is 0 Å². The normalized spacial score (nSPS) is 19.4. The van der Waals surface area contributed by atoms with Gasteiger partial charge < -0.3 is 10.4 Å². The Morgan fingerprint density at radius 1 is 1.44 bits per heavy atom. The summed E-state index contributed by atoms with van der Waals surface area (Å²) >= 11 is 0. The van der Waals surface area contributed by atoms with Crippen LogP contribution in [0.1, 0.15) is 6.42 Å². The third kappa shape index (κ3) is 1.46. The summed E-state index contributed by atoms with van der Waals surface area (Å²) in [5, 5.41) is 18.1.